The zero-order valence-corrected chi connectivity index (χ0v) is 10.7. The van der Waals surface area contributed by atoms with Gasteiger partial charge < -0.3 is 0 Å². The average Bonchev–Trinajstić information content (AvgIpc) is 2.86. The van der Waals surface area contributed by atoms with E-state index in [-0.39, 0.29) is 5.92 Å². The molecule has 18 heavy (non-hydrogen) atoms. The third kappa shape index (κ3) is 2.06. The van der Waals surface area contributed by atoms with E-state index < -0.39 is 0 Å². The number of nitriles is 1. The van der Waals surface area contributed by atoms with Crippen LogP contribution < -0.4 is 0 Å². The molecule has 3 nitrogen and oxygen atoms in total. The SMILES string of the molecule is N#CC1CCCC1Sc1ncnc2ccccc12. The van der Waals surface area contributed by atoms with Gasteiger partial charge in [0.1, 0.15) is 11.4 Å². The molecule has 2 atom stereocenters. The average molecular weight is 255 g/mol. The van der Waals surface area contributed by atoms with Crippen LogP contribution in [0.2, 0.25) is 0 Å². The predicted molar refractivity (Wildman–Crippen MR) is 72.1 cm³/mol. The molecule has 0 bridgehead atoms. The maximum absolute atomic E-state index is 9.13. The highest BCUT2D eigenvalue weighted by Gasteiger charge is 2.28. The van der Waals surface area contributed by atoms with Crippen molar-refractivity contribution in [2.45, 2.75) is 29.5 Å². The number of fused-ring (bicyclic) bond motifs is 1. The van der Waals surface area contributed by atoms with Gasteiger partial charge >= 0.3 is 0 Å². The van der Waals surface area contributed by atoms with Crippen LogP contribution in [-0.4, -0.2) is 15.2 Å². The topological polar surface area (TPSA) is 49.6 Å². The first kappa shape index (κ1) is 11.5. The lowest BCUT2D eigenvalue weighted by Gasteiger charge is -2.13. The molecule has 0 amide bonds. The number of hydrogen-bond donors (Lipinski definition) is 0. The van der Waals surface area contributed by atoms with E-state index in [1.165, 1.54) is 0 Å². The van der Waals surface area contributed by atoms with Crippen molar-refractivity contribution in [3.05, 3.63) is 30.6 Å². The zero-order chi connectivity index (χ0) is 12.4. The Labute approximate surface area is 110 Å². The fourth-order valence-corrected chi connectivity index (χ4v) is 3.77. The largest absolute Gasteiger partial charge is 0.236 e. The maximum atomic E-state index is 9.13. The molecule has 2 unspecified atom stereocenters. The number of aromatic nitrogens is 2. The Bertz CT molecular complexity index is 600. The van der Waals surface area contributed by atoms with E-state index >= 15 is 0 Å². The molecule has 90 valence electrons. The summed E-state index contributed by atoms with van der Waals surface area (Å²) in [5.74, 6) is 0.170. The Morgan fingerprint density at radius 1 is 1.22 bits per heavy atom. The van der Waals surface area contributed by atoms with Crippen LogP contribution in [0.5, 0.6) is 0 Å². The van der Waals surface area contributed by atoms with Crippen molar-refractivity contribution in [2.24, 2.45) is 5.92 Å². The molecule has 0 spiro atoms. The molecule has 0 aliphatic heterocycles. The first-order valence-corrected chi connectivity index (χ1v) is 7.02. The van der Waals surface area contributed by atoms with Gasteiger partial charge in [0.2, 0.25) is 0 Å². The maximum Gasteiger partial charge on any atom is 0.117 e. The van der Waals surface area contributed by atoms with Crippen LogP contribution in [0.15, 0.2) is 35.6 Å². The Kier molecular flexibility index (Phi) is 3.16. The number of benzene rings is 1. The summed E-state index contributed by atoms with van der Waals surface area (Å²) in [6.07, 6.45) is 4.90. The van der Waals surface area contributed by atoms with E-state index in [1.807, 2.05) is 24.3 Å². The van der Waals surface area contributed by atoms with Crippen molar-refractivity contribution < 1.29 is 0 Å². The van der Waals surface area contributed by atoms with Gasteiger partial charge in [-0.25, -0.2) is 9.97 Å². The van der Waals surface area contributed by atoms with Gasteiger partial charge in [-0.05, 0) is 18.9 Å². The second kappa shape index (κ2) is 4.95. The summed E-state index contributed by atoms with van der Waals surface area (Å²) in [4.78, 5) is 8.65. The van der Waals surface area contributed by atoms with Gasteiger partial charge in [0, 0.05) is 10.6 Å². The second-order valence-corrected chi connectivity index (χ2v) is 5.75. The molecule has 2 aromatic rings. The van der Waals surface area contributed by atoms with Gasteiger partial charge in [0.25, 0.3) is 0 Å². The molecule has 1 aliphatic rings. The van der Waals surface area contributed by atoms with Crippen molar-refractivity contribution >= 4 is 22.7 Å². The molecule has 3 rings (SSSR count). The van der Waals surface area contributed by atoms with Gasteiger partial charge in [-0.15, -0.1) is 11.8 Å². The number of rotatable bonds is 2. The van der Waals surface area contributed by atoms with Crippen LogP contribution in [0.4, 0.5) is 0 Å². The molecule has 0 N–H and O–H groups in total. The Morgan fingerprint density at radius 3 is 3.00 bits per heavy atom. The van der Waals surface area contributed by atoms with E-state index in [2.05, 4.69) is 16.0 Å². The van der Waals surface area contributed by atoms with Gasteiger partial charge in [0.05, 0.1) is 17.5 Å². The molecule has 1 heterocycles. The van der Waals surface area contributed by atoms with Crippen molar-refractivity contribution in [1.82, 2.24) is 9.97 Å². The van der Waals surface area contributed by atoms with Gasteiger partial charge in [-0.1, -0.05) is 24.6 Å². The van der Waals surface area contributed by atoms with Crippen molar-refractivity contribution in [3.8, 4) is 6.07 Å². The summed E-state index contributed by atoms with van der Waals surface area (Å²) in [5, 5.41) is 11.6. The summed E-state index contributed by atoms with van der Waals surface area (Å²) in [7, 11) is 0. The summed E-state index contributed by atoms with van der Waals surface area (Å²) in [5.41, 5.74) is 0.974. The molecule has 0 saturated heterocycles. The number of hydrogen-bond acceptors (Lipinski definition) is 4. The molecule has 0 radical (unpaired) electrons. The Morgan fingerprint density at radius 2 is 2.11 bits per heavy atom. The fraction of sp³-hybridized carbons (Fsp3) is 0.357. The predicted octanol–water partition coefficient (Wildman–Crippen LogP) is 3.41. The van der Waals surface area contributed by atoms with Crippen molar-refractivity contribution in [1.29, 1.82) is 5.26 Å². The minimum absolute atomic E-state index is 0.170. The molecule has 4 heteroatoms. The number of thioether (sulfide) groups is 1. The van der Waals surface area contributed by atoms with Crippen molar-refractivity contribution in [3.63, 3.8) is 0 Å². The summed E-state index contributed by atoms with van der Waals surface area (Å²) >= 11 is 1.74. The molecule has 1 saturated carbocycles. The lowest BCUT2D eigenvalue weighted by Crippen LogP contribution is -2.07. The molecule has 1 fully saturated rings. The lowest BCUT2D eigenvalue weighted by atomic mass is 10.1. The summed E-state index contributed by atoms with van der Waals surface area (Å²) in [6.45, 7) is 0. The monoisotopic (exact) mass is 255 g/mol. The molecule has 1 aliphatic carbocycles. The molecule has 1 aromatic heterocycles. The first-order chi connectivity index (χ1) is 8.88. The van der Waals surface area contributed by atoms with E-state index in [4.69, 9.17) is 5.26 Å². The van der Waals surface area contributed by atoms with Gasteiger partial charge in [-0.2, -0.15) is 5.26 Å². The Balaban J connectivity index is 1.93. The lowest BCUT2D eigenvalue weighted by molar-refractivity contribution is 0.714. The summed E-state index contributed by atoms with van der Waals surface area (Å²) < 4.78 is 0. The van der Waals surface area contributed by atoms with Crippen LogP contribution in [0, 0.1) is 17.2 Å². The number of nitrogens with zero attached hydrogens (tertiary/aromatic N) is 3. The minimum Gasteiger partial charge on any atom is -0.236 e. The fourth-order valence-electron chi connectivity index (χ4n) is 2.43. The van der Waals surface area contributed by atoms with E-state index in [0.717, 1.165) is 35.2 Å². The Hall–Kier alpha value is -1.60. The van der Waals surface area contributed by atoms with Crippen LogP contribution in [0.25, 0.3) is 10.9 Å². The van der Waals surface area contributed by atoms with Crippen LogP contribution in [0.1, 0.15) is 19.3 Å². The van der Waals surface area contributed by atoms with Crippen molar-refractivity contribution in [2.75, 3.05) is 0 Å². The molecule has 1 aromatic carbocycles. The highest BCUT2D eigenvalue weighted by atomic mass is 32.2. The van der Waals surface area contributed by atoms with E-state index in [0.29, 0.717) is 5.25 Å². The van der Waals surface area contributed by atoms with Crippen LogP contribution >= 0.6 is 11.8 Å². The van der Waals surface area contributed by atoms with Crippen LogP contribution in [-0.2, 0) is 0 Å². The summed E-state index contributed by atoms with van der Waals surface area (Å²) in [6, 6.07) is 10.5. The third-order valence-electron chi connectivity index (χ3n) is 3.39. The quantitative estimate of drug-likeness (QED) is 0.771. The second-order valence-electron chi connectivity index (χ2n) is 4.52. The van der Waals surface area contributed by atoms with E-state index in [1.54, 1.807) is 18.1 Å². The highest BCUT2D eigenvalue weighted by Crippen LogP contribution is 2.39. The standard InChI is InChI=1S/C14H13N3S/c15-8-10-4-3-7-13(10)18-14-11-5-1-2-6-12(11)16-9-17-14/h1-2,5-6,9-10,13H,3-4,7H2. The molecular formula is C14H13N3S. The highest BCUT2D eigenvalue weighted by molar-refractivity contribution is 8.00. The van der Waals surface area contributed by atoms with Gasteiger partial charge in [0.15, 0.2) is 0 Å². The minimum atomic E-state index is 0.170. The number of para-hydroxylation sites is 1. The van der Waals surface area contributed by atoms with Gasteiger partial charge in [-0.3, -0.25) is 0 Å². The van der Waals surface area contributed by atoms with Crippen LogP contribution in [0.3, 0.4) is 0 Å². The normalized spacial score (nSPS) is 23.1. The molecular weight excluding hydrogens is 242 g/mol. The van der Waals surface area contributed by atoms with E-state index in [9.17, 15) is 0 Å². The smallest absolute Gasteiger partial charge is 0.117 e. The zero-order valence-electron chi connectivity index (χ0n) is 9.91. The third-order valence-corrected chi connectivity index (χ3v) is 4.80. The first-order valence-electron chi connectivity index (χ1n) is 6.14.